The number of fused-ring (bicyclic) bond motifs is 1. The lowest BCUT2D eigenvalue weighted by atomic mass is 9.81. The van der Waals surface area contributed by atoms with E-state index in [2.05, 4.69) is 16.6 Å². The molecule has 2 fully saturated rings. The van der Waals surface area contributed by atoms with Crippen LogP contribution < -0.4 is 20.5 Å². The third kappa shape index (κ3) is 8.09. The molecule has 2 aliphatic carbocycles. The van der Waals surface area contributed by atoms with E-state index in [0.717, 1.165) is 17.7 Å². The molecule has 0 saturated heterocycles. The number of nitrogens with one attached hydrogen (secondary N) is 2. The molecule has 3 atom stereocenters. The van der Waals surface area contributed by atoms with Crippen molar-refractivity contribution < 1.29 is 40.7 Å². The molecule has 4 N–H and O–H groups in total. The van der Waals surface area contributed by atoms with Crippen molar-refractivity contribution in [1.29, 1.82) is 0 Å². The third-order valence-corrected chi connectivity index (χ3v) is 13.0. The molecule has 0 radical (unpaired) electrons. The van der Waals surface area contributed by atoms with Gasteiger partial charge in [-0.3, -0.25) is 19.1 Å². The summed E-state index contributed by atoms with van der Waals surface area (Å²) in [4.78, 5) is 43.6. The molecule has 288 valence electrons. The summed E-state index contributed by atoms with van der Waals surface area (Å²) in [7, 11) is -4.01. The summed E-state index contributed by atoms with van der Waals surface area (Å²) in [5.74, 6) is -1.52. The van der Waals surface area contributed by atoms with Crippen LogP contribution in [0.1, 0.15) is 68.7 Å². The number of carbonyl (C=O) groups excluding carboxylic acids is 3. The van der Waals surface area contributed by atoms with Crippen LogP contribution in [0.4, 0.5) is 18.9 Å². The van der Waals surface area contributed by atoms with E-state index >= 15 is 0 Å². The van der Waals surface area contributed by atoms with E-state index in [4.69, 9.17) is 22.1 Å². The lowest BCUT2D eigenvalue weighted by Crippen LogP contribution is -2.59. The fourth-order valence-electron chi connectivity index (χ4n) is 6.92. The van der Waals surface area contributed by atoms with Crippen molar-refractivity contribution in [2.45, 2.75) is 88.3 Å². The van der Waals surface area contributed by atoms with E-state index in [-0.39, 0.29) is 37.9 Å². The van der Waals surface area contributed by atoms with Gasteiger partial charge in [-0.2, -0.15) is 13.2 Å². The fraction of sp³-hybridized carbons (Fsp3) is 0.410. The van der Waals surface area contributed by atoms with Gasteiger partial charge in [-0.25, -0.2) is 8.42 Å². The highest BCUT2D eigenvalue weighted by Gasteiger charge is 2.62. The summed E-state index contributed by atoms with van der Waals surface area (Å²) in [6.45, 7) is 8.91. The number of nitrogens with two attached hydrogens (primary N) is 1. The highest BCUT2D eigenvalue weighted by molar-refractivity contribution is 7.91. The number of hydrogen-bond donors (Lipinski definition) is 3. The molecule has 0 unspecified atom stereocenters. The molecular formula is C39H42ClF3N4O6S. The molecule has 15 heteroatoms. The number of rotatable bonds is 12. The van der Waals surface area contributed by atoms with E-state index in [1.807, 2.05) is 0 Å². The van der Waals surface area contributed by atoms with Crippen molar-refractivity contribution in [2.75, 3.05) is 5.73 Å². The zero-order valence-corrected chi connectivity index (χ0v) is 31.6. The maximum absolute atomic E-state index is 14.3. The molecule has 3 aromatic rings. The zero-order chi connectivity index (χ0) is 39.4. The number of alkyl halides is 3. The molecule has 0 spiro atoms. The zero-order valence-electron chi connectivity index (χ0n) is 30.1. The van der Waals surface area contributed by atoms with Gasteiger partial charge in [0.25, 0.3) is 5.91 Å². The Morgan fingerprint density at radius 2 is 1.76 bits per heavy atom. The number of sulfonamides is 1. The number of anilines is 1. The van der Waals surface area contributed by atoms with Crippen LogP contribution in [0.25, 0.3) is 0 Å². The largest absolute Gasteiger partial charge is 0.457 e. The Labute approximate surface area is 317 Å². The standard InChI is InChI=1S/C39H42ClF3N4O6S/c1-5-26-20-38(26,35(50)46-54(51,52)37(4)13-14-37)45-34(49)32-16-25-15-30(53-29-8-6-7-28(40)18-29)12-10-24(25)22-47(32)33(48)21-36(2,3)19-23-9-11-27(17-31(23)44)39(41,42)43/h5-12,15,17-18,26,32H,1,13-14,16,19-22,44H2,2-4H3,(H,45,49)(H,46,50)/t26-,32-,38-/m1/s1. The summed E-state index contributed by atoms with van der Waals surface area (Å²) in [5, 5.41) is 3.28. The van der Waals surface area contributed by atoms with E-state index in [1.165, 1.54) is 17.0 Å². The van der Waals surface area contributed by atoms with Gasteiger partial charge in [0.2, 0.25) is 21.8 Å². The van der Waals surface area contributed by atoms with Crippen LogP contribution >= 0.6 is 11.6 Å². The number of amides is 3. The average Bonchev–Trinajstić information content (AvgIpc) is 4.00. The van der Waals surface area contributed by atoms with Gasteiger partial charge in [0, 0.05) is 36.0 Å². The van der Waals surface area contributed by atoms with Gasteiger partial charge in [-0.05, 0) is 97.2 Å². The first-order valence-corrected chi connectivity index (χ1v) is 19.3. The summed E-state index contributed by atoms with van der Waals surface area (Å²) < 4.78 is 72.9. The maximum Gasteiger partial charge on any atom is 0.416 e. The van der Waals surface area contributed by atoms with Crippen molar-refractivity contribution >= 4 is 45.0 Å². The van der Waals surface area contributed by atoms with E-state index in [0.29, 0.717) is 40.5 Å². The van der Waals surface area contributed by atoms with Crippen molar-refractivity contribution in [3.05, 3.63) is 101 Å². The third-order valence-electron chi connectivity index (χ3n) is 10.6. The van der Waals surface area contributed by atoms with E-state index in [1.54, 1.807) is 63.2 Å². The quantitative estimate of drug-likeness (QED) is 0.137. The fourth-order valence-corrected chi connectivity index (χ4v) is 8.42. The van der Waals surface area contributed by atoms with Gasteiger partial charge in [-0.15, -0.1) is 6.58 Å². The van der Waals surface area contributed by atoms with Crippen LogP contribution in [0, 0.1) is 11.3 Å². The summed E-state index contributed by atoms with van der Waals surface area (Å²) in [5.41, 5.74) is 4.62. The summed E-state index contributed by atoms with van der Waals surface area (Å²) in [6.07, 6.45) is -2.02. The molecular weight excluding hydrogens is 745 g/mol. The Hall–Kier alpha value is -4.56. The first kappa shape index (κ1) is 39.1. The highest BCUT2D eigenvalue weighted by Crippen LogP contribution is 2.47. The smallest absolute Gasteiger partial charge is 0.416 e. The highest BCUT2D eigenvalue weighted by atomic mass is 35.5. The van der Waals surface area contributed by atoms with Crippen LogP contribution in [-0.2, 0) is 50.0 Å². The Bertz CT molecular complexity index is 2140. The van der Waals surface area contributed by atoms with Crippen molar-refractivity contribution in [1.82, 2.24) is 14.9 Å². The van der Waals surface area contributed by atoms with E-state index in [9.17, 15) is 36.0 Å². The summed E-state index contributed by atoms with van der Waals surface area (Å²) >= 11 is 6.13. The number of carbonyl (C=O) groups is 3. The van der Waals surface area contributed by atoms with Crippen molar-refractivity contribution in [2.24, 2.45) is 11.3 Å². The molecule has 6 rings (SSSR count). The minimum atomic E-state index is -4.56. The number of hydrogen-bond acceptors (Lipinski definition) is 7. The second kappa shape index (κ2) is 13.9. The normalized spacial score (nSPS) is 21.7. The predicted octanol–water partition coefficient (Wildman–Crippen LogP) is 6.71. The average molecular weight is 787 g/mol. The molecule has 2 saturated carbocycles. The Balaban J connectivity index is 1.27. The molecule has 10 nitrogen and oxygen atoms in total. The Morgan fingerprint density at radius 3 is 2.37 bits per heavy atom. The Morgan fingerprint density at radius 1 is 1.06 bits per heavy atom. The molecule has 0 bridgehead atoms. The van der Waals surface area contributed by atoms with Gasteiger partial charge in [0.1, 0.15) is 23.1 Å². The van der Waals surface area contributed by atoms with Crippen LogP contribution in [0.5, 0.6) is 11.5 Å². The first-order chi connectivity index (χ1) is 25.1. The minimum Gasteiger partial charge on any atom is -0.457 e. The molecule has 3 aromatic carbocycles. The number of nitrogens with zero attached hydrogens (tertiary/aromatic N) is 1. The number of benzene rings is 3. The number of ether oxygens (including phenoxy) is 1. The van der Waals surface area contributed by atoms with Crippen LogP contribution in [-0.4, -0.2) is 47.4 Å². The minimum absolute atomic E-state index is 0.0268. The van der Waals surface area contributed by atoms with Gasteiger partial charge in [0.05, 0.1) is 10.3 Å². The monoisotopic (exact) mass is 786 g/mol. The van der Waals surface area contributed by atoms with Crippen molar-refractivity contribution in [3.8, 4) is 11.5 Å². The van der Waals surface area contributed by atoms with Crippen LogP contribution in [0.3, 0.4) is 0 Å². The van der Waals surface area contributed by atoms with Crippen LogP contribution in [0.2, 0.25) is 5.02 Å². The molecule has 0 aromatic heterocycles. The topological polar surface area (TPSA) is 148 Å². The first-order valence-electron chi connectivity index (χ1n) is 17.5. The Kier molecular flexibility index (Phi) is 10.1. The molecule has 3 amide bonds. The van der Waals surface area contributed by atoms with Gasteiger partial charge < -0.3 is 20.7 Å². The number of nitrogen functional groups attached to an aromatic ring is 1. The lowest BCUT2D eigenvalue weighted by molar-refractivity contribution is -0.144. The van der Waals surface area contributed by atoms with Gasteiger partial charge in [-0.1, -0.05) is 49.7 Å². The second-order valence-electron chi connectivity index (χ2n) is 15.6. The van der Waals surface area contributed by atoms with Gasteiger partial charge >= 0.3 is 6.18 Å². The van der Waals surface area contributed by atoms with Crippen molar-refractivity contribution in [3.63, 3.8) is 0 Å². The van der Waals surface area contributed by atoms with Crippen LogP contribution in [0.15, 0.2) is 73.3 Å². The molecule has 1 heterocycles. The molecule has 1 aliphatic heterocycles. The van der Waals surface area contributed by atoms with E-state index < -0.39 is 67.1 Å². The predicted molar refractivity (Wildman–Crippen MR) is 198 cm³/mol. The molecule has 3 aliphatic rings. The molecule has 54 heavy (non-hydrogen) atoms. The summed E-state index contributed by atoms with van der Waals surface area (Å²) in [6, 6.07) is 14.1. The lowest BCUT2D eigenvalue weighted by Gasteiger charge is -2.39. The SMILES string of the molecule is C=C[C@@H]1C[C@]1(NC(=O)[C@H]1Cc2cc(Oc3cccc(Cl)c3)ccc2CN1C(=O)CC(C)(C)Cc1ccc(C(F)(F)F)cc1N)C(=O)NS(=O)(=O)C1(C)CC1. The number of halogens is 4. The second-order valence-corrected chi connectivity index (χ2v) is 18.2. The van der Waals surface area contributed by atoms with Gasteiger partial charge in [0.15, 0.2) is 0 Å². The maximum atomic E-state index is 14.3.